The molecule has 0 saturated heterocycles. The molecule has 2 nitrogen and oxygen atoms in total. The minimum absolute atomic E-state index is 0.520. The van der Waals surface area contributed by atoms with Crippen molar-refractivity contribution in [1.82, 2.24) is 0 Å². The normalized spacial score (nSPS) is 17.7. The molecule has 1 saturated carbocycles. The first-order chi connectivity index (χ1) is 18.3. The van der Waals surface area contributed by atoms with Gasteiger partial charge in [-0.2, -0.15) is 0 Å². The van der Waals surface area contributed by atoms with E-state index in [9.17, 15) is 0 Å². The average molecular weight is 499 g/mol. The molecule has 1 heterocycles. The molecule has 4 aromatic carbocycles. The number of anilines is 1. The highest BCUT2D eigenvalue weighted by atomic mass is 28.3. The number of rotatable bonds is 5. The van der Waals surface area contributed by atoms with Gasteiger partial charge in [-0.3, -0.25) is 4.66 Å². The second-order valence-electron chi connectivity index (χ2n) is 10.3. The summed E-state index contributed by atoms with van der Waals surface area (Å²) in [5.74, 6) is 0.520. The third-order valence-electron chi connectivity index (χ3n) is 7.88. The summed E-state index contributed by atoms with van der Waals surface area (Å²) in [4.78, 5) is 0. The van der Waals surface area contributed by atoms with Crippen molar-refractivity contribution in [2.45, 2.75) is 39.0 Å². The van der Waals surface area contributed by atoms with E-state index < -0.39 is 8.40 Å². The van der Waals surface area contributed by atoms with Gasteiger partial charge in [0.15, 0.2) is 0 Å². The number of hydrogen-bond acceptors (Lipinski definition) is 2. The Morgan fingerprint density at radius 2 is 1.19 bits per heavy atom. The third-order valence-corrected chi connectivity index (χ3v) is 11.9. The fraction of sp³-hybridized carbons (Fsp3) is 0.206. The molecule has 4 aromatic rings. The molecule has 0 atom stereocenters. The first-order valence-corrected chi connectivity index (χ1v) is 15.5. The standard InChI is InChI=1S/C34H34N2Si/c1-27-22-24-30(25-23-27)36-34(29-16-8-3-9-17-29)26-33(28-14-6-2-7-15-28)35-37(36,31-18-10-4-11-19-31)32-20-12-5-13-21-32/h3-5,8-13,16-26,28H,2,6-7,14-15H2,1H3. The molecule has 0 amide bonds. The zero-order chi connectivity index (χ0) is 25.1. The monoisotopic (exact) mass is 498 g/mol. The molecule has 1 aliphatic carbocycles. The Hall–Kier alpha value is -3.69. The lowest BCUT2D eigenvalue weighted by Crippen LogP contribution is -2.70. The van der Waals surface area contributed by atoms with Gasteiger partial charge in [-0.05, 0) is 59.8 Å². The lowest BCUT2D eigenvalue weighted by molar-refractivity contribution is 0.440. The highest BCUT2D eigenvalue weighted by molar-refractivity contribution is 7.05. The highest BCUT2D eigenvalue weighted by Gasteiger charge is 2.49. The highest BCUT2D eigenvalue weighted by Crippen LogP contribution is 2.38. The molecule has 1 fully saturated rings. The summed E-state index contributed by atoms with van der Waals surface area (Å²) in [6.45, 7) is 2.16. The van der Waals surface area contributed by atoms with Gasteiger partial charge in [0.1, 0.15) is 0 Å². The lowest BCUT2D eigenvalue weighted by atomic mass is 9.85. The summed E-state index contributed by atoms with van der Waals surface area (Å²) >= 11 is 0. The molecule has 184 valence electrons. The topological polar surface area (TPSA) is 15.6 Å². The Bertz CT molecular complexity index is 1350. The van der Waals surface area contributed by atoms with Gasteiger partial charge in [-0.15, -0.1) is 0 Å². The summed E-state index contributed by atoms with van der Waals surface area (Å²) < 4.78 is 8.55. The van der Waals surface area contributed by atoms with Crippen molar-refractivity contribution in [3.05, 3.63) is 132 Å². The van der Waals surface area contributed by atoms with Crippen molar-refractivity contribution < 1.29 is 0 Å². The molecule has 0 bridgehead atoms. The van der Waals surface area contributed by atoms with Gasteiger partial charge >= 0.3 is 8.40 Å². The molecule has 0 N–H and O–H groups in total. The van der Waals surface area contributed by atoms with Crippen molar-refractivity contribution in [2.75, 3.05) is 4.57 Å². The van der Waals surface area contributed by atoms with E-state index in [0.717, 1.165) is 0 Å². The van der Waals surface area contributed by atoms with Crippen molar-refractivity contribution in [1.29, 1.82) is 0 Å². The molecule has 1 aliphatic heterocycles. The first-order valence-electron chi connectivity index (χ1n) is 13.6. The van der Waals surface area contributed by atoms with Crippen LogP contribution < -0.4 is 14.9 Å². The Kier molecular flexibility index (Phi) is 6.63. The van der Waals surface area contributed by atoms with Crippen LogP contribution in [0.1, 0.15) is 43.2 Å². The van der Waals surface area contributed by atoms with Crippen LogP contribution in [0.25, 0.3) is 5.70 Å². The quantitative estimate of drug-likeness (QED) is 0.267. The number of hydrogen-bond donors (Lipinski definition) is 0. The van der Waals surface area contributed by atoms with Crippen LogP contribution in [0.15, 0.2) is 126 Å². The minimum atomic E-state index is -2.86. The first kappa shape index (κ1) is 23.7. The van der Waals surface area contributed by atoms with Crippen LogP contribution in [0.3, 0.4) is 0 Å². The van der Waals surface area contributed by atoms with Gasteiger partial charge in [0.05, 0.1) is 0 Å². The van der Waals surface area contributed by atoms with E-state index in [1.54, 1.807) is 0 Å². The molecule has 0 aromatic heterocycles. The Balaban J connectivity index is 1.69. The van der Waals surface area contributed by atoms with Crippen LogP contribution in [0.4, 0.5) is 5.69 Å². The van der Waals surface area contributed by atoms with Crippen LogP contribution in [0.5, 0.6) is 0 Å². The summed E-state index contributed by atoms with van der Waals surface area (Å²) in [6.07, 6.45) is 8.82. The molecular formula is C34H34N2Si. The molecule has 6 rings (SSSR count). The van der Waals surface area contributed by atoms with E-state index in [4.69, 9.17) is 4.66 Å². The van der Waals surface area contributed by atoms with Crippen molar-refractivity contribution in [3.63, 3.8) is 0 Å². The number of benzene rings is 4. The molecular weight excluding hydrogens is 464 g/mol. The summed E-state index contributed by atoms with van der Waals surface area (Å²) in [6, 6.07) is 42.1. The van der Waals surface area contributed by atoms with Gasteiger partial charge in [-0.25, -0.2) is 0 Å². The second kappa shape index (κ2) is 10.4. The van der Waals surface area contributed by atoms with Crippen molar-refractivity contribution >= 4 is 35.9 Å². The van der Waals surface area contributed by atoms with Crippen LogP contribution in [-0.4, -0.2) is 14.1 Å². The Morgan fingerprint density at radius 3 is 1.76 bits per heavy atom. The molecule has 0 spiro atoms. The van der Waals surface area contributed by atoms with Gasteiger partial charge in [0, 0.05) is 17.1 Å². The maximum Gasteiger partial charge on any atom is 0.354 e. The largest absolute Gasteiger partial charge is 0.354 e. The Morgan fingerprint density at radius 1 is 0.649 bits per heavy atom. The van der Waals surface area contributed by atoms with Crippen LogP contribution in [-0.2, 0) is 0 Å². The van der Waals surface area contributed by atoms with Gasteiger partial charge in [-0.1, -0.05) is 128 Å². The fourth-order valence-corrected chi connectivity index (χ4v) is 10.2. The molecule has 0 unspecified atom stereocenters. The lowest BCUT2D eigenvalue weighted by Gasteiger charge is -2.46. The molecule has 37 heavy (non-hydrogen) atoms. The maximum absolute atomic E-state index is 5.94. The van der Waals surface area contributed by atoms with Gasteiger partial charge < -0.3 is 4.57 Å². The predicted molar refractivity (Wildman–Crippen MR) is 160 cm³/mol. The summed E-state index contributed by atoms with van der Waals surface area (Å²) in [7, 11) is -2.86. The molecule has 2 aliphatic rings. The number of allylic oxidation sites excluding steroid dienone is 1. The van der Waals surface area contributed by atoms with E-state index in [-0.39, 0.29) is 0 Å². The fourth-order valence-electron chi connectivity index (χ4n) is 5.99. The van der Waals surface area contributed by atoms with Gasteiger partial charge in [0.2, 0.25) is 0 Å². The van der Waals surface area contributed by atoms with Crippen LogP contribution >= 0.6 is 0 Å². The van der Waals surface area contributed by atoms with E-state index in [2.05, 4.69) is 133 Å². The van der Waals surface area contributed by atoms with E-state index in [1.165, 1.54) is 70.7 Å². The van der Waals surface area contributed by atoms with Gasteiger partial charge in [0.25, 0.3) is 0 Å². The van der Waals surface area contributed by atoms with E-state index in [0.29, 0.717) is 5.92 Å². The zero-order valence-electron chi connectivity index (χ0n) is 21.6. The SMILES string of the molecule is Cc1ccc(N2C(c3ccccc3)=CC(C3CCCCC3)=N[Si]2(c2ccccc2)c2ccccc2)cc1. The summed E-state index contributed by atoms with van der Waals surface area (Å²) in [5, 5.41) is 2.63. The number of nitrogens with zero attached hydrogens (tertiary/aromatic N) is 2. The summed E-state index contributed by atoms with van der Waals surface area (Å²) in [5.41, 5.74) is 6.27. The number of aryl methyl sites for hydroxylation is 1. The smallest absolute Gasteiger partial charge is 0.342 e. The van der Waals surface area contributed by atoms with E-state index in [1.807, 2.05) is 0 Å². The Labute approximate surface area is 222 Å². The van der Waals surface area contributed by atoms with Crippen molar-refractivity contribution in [3.8, 4) is 0 Å². The second-order valence-corrected chi connectivity index (χ2v) is 13.5. The third kappa shape index (κ3) is 4.49. The minimum Gasteiger partial charge on any atom is -0.342 e. The molecule has 3 heteroatoms. The van der Waals surface area contributed by atoms with E-state index >= 15 is 0 Å². The average Bonchev–Trinajstić information content (AvgIpc) is 2.99. The molecule has 0 radical (unpaired) electrons. The van der Waals surface area contributed by atoms with Crippen LogP contribution in [0, 0.1) is 12.8 Å². The van der Waals surface area contributed by atoms with Crippen LogP contribution in [0.2, 0.25) is 0 Å². The zero-order valence-corrected chi connectivity index (χ0v) is 22.6. The maximum atomic E-state index is 5.94. The predicted octanol–water partition coefficient (Wildman–Crippen LogP) is 7.13. The van der Waals surface area contributed by atoms with Crippen molar-refractivity contribution in [2.24, 2.45) is 10.6 Å².